The first kappa shape index (κ1) is 23.8. The molecule has 1 aromatic heterocycles. The maximum absolute atomic E-state index is 12.3. The third-order valence-corrected chi connectivity index (χ3v) is 6.50. The minimum Gasteiger partial charge on any atom is -0.437 e. The standard InChI is InChI=1S/C25H28N6O5/c1-16-21(36-25(32)33-2)19(18-6-4-3-5-17(18)15-26)20-22(27-16)28-24(31-9-13-35-14-10-31)29-23(20)30-7-11-34-12-8-30/h3-6,19H,7-14H2,1-2H3,(H,27,28,29). The minimum atomic E-state index is -0.840. The summed E-state index contributed by atoms with van der Waals surface area (Å²) in [7, 11) is 1.26. The van der Waals surface area contributed by atoms with Crippen LogP contribution in [-0.2, 0) is 18.9 Å². The van der Waals surface area contributed by atoms with Crippen molar-refractivity contribution in [1.29, 1.82) is 5.26 Å². The first-order chi connectivity index (χ1) is 17.6. The number of aromatic nitrogens is 2. The molecule has 11 heteroatoms. The van der Waals surface area contributed by atoms with Gasteiger partial charge in [0.25, 0.3) is 0 Å². The number of benzene rings is 1. The van der Waals surface area contributed by atoms with Crippen LogP contribution in [0.2, 0.25) is 0 Å². The fourth-order valence-electron chi connectivity index (χ4n) is 4.73. The Morgan fingerprint density at radius 2 is 1.75 bits per heavy atom. The summed E-state index contributed by atoms with van der Waals surface area (Å²) in [6.45, 7) is 6.83. The summed E-state index contributed by atoms with van der Waals surface area (Å²) < 4.78 is 21.6. The molecule has 11 nitrogen and oxygen atoms in total. The van der Waals surface area contributed by atoms with E-state index in [4.69, 9.17) is 28.9 Å². The van der Waals surface area contributed by atoms with Crippen molar-refractivity contribution in [3.05, 3.63) is 52.4 Å². The number of allylic oxidation sites excluding steroid dienone is 2. The summed E-state index contributed by atoms with van der Waals surface area (Å²) in [5.41, 5.74) is 2.50. The number of nitrogens with one attached hydrogen (secondary N) is 1. The number of nitrogens with zero attached hydrogens (tertiary/aromatic N) is 5. The molecule has 1 atom stereocenters. The number of carbonyl (C=O) groups excluding carboxylic acids is 1. The Balaban J connectivity index is 1.73. The molecule has 0 radical (unpaired) electrons. The van der Waals surface area contributed by atoms with Crippen LogP contribution in [0.1, 0.15) is 29.5 Å². The second-order valence-electron chi connectivity index (χ2n) is 8.61. The highest BCUT2D eigenvalue weighted by Gasteiger charge is 2.38. The lowest BCUT2D eigenvalue weighted by Gasteiger charge is -2.37. The average Bonchev–Trinajstić information content (AvgIpc) is 2.93. The summed E-state index contributed by atoms with van der Waals surface area (Å²) in [6, 6.07) is 9.56. The molecule has 1 unspecified atom stereocenters. The van der Waals surface area contributed by atoms with Gasteiger partial charge in [0.2, 0.25) is 5.95 Å². The van der Waals surface area contributed by atoms with Gasteiger partial charge in [-0.05, 0) is 18.6 Å². The van der Waals surface area contributed by atoms with Gasteiger partial charge in [-0.1, -0.05) is 18.2 Å². The van der Waals surface area contributed by atoms with E-state index in [0.717, 1.165) is 5.56 Å². The van der Waals surface area contributed by atoms with Crippen LogP contribution < -0.4 is 15.1 Å². The molecular weight excluding hydrogens is 464 g/mol. The van der Waals surface area contributed by atoms with Gasteiger partial charge >= 0.3 is 6.16 Å². The fraction of sp³-hybridized carbons (Fsp3) is 0.440. The van der Waals surface area contributed by atoms with E-state index < -0.39 is 12.1 Å². The second kappa shape index (κ2) is 10.4. The third kappa shape index (κ3) is 4.53. The number of hydrogen-bond acceptors (Lipinski definition) is 11. The zero-order valence-corrected chi connectivity index (χ0v) is 20.3. The molecule has 2 aromatic rings. The molecule has 4 heterocycles. The smallest absolute Gasteiger partial charge is 0.437 e. The van der Waals surface area contributed by atoms with Crippen LogP contribution in [0.4, 0.5) is 22.4 Å². The van der Waals surface area contributed by atoms with E-state index in [0.29, 0.717) is 92.8 Å². The van der Waals surface area contributed by atoms with Crippen molar-refractivity contribution in [3.63, 3.8) is 0 Å². The van der Waals surface area contributed by atoms with E-state index in [1.807, 2.05) is 25.1 Å². The molecule has 5 rings (SSSR count). The lowest BCUT2D eigenvalue weighted by Crippen LogP contribution is -2.41. The Kier molecular flexibility index (Phi) is 6.88. The Labute approximate surface area is 209 Å². The number of ether oxygens (including phenoxy) is 4. The summed E-state index contributed by atoms with van der Waals surface area (Å²) in [5, 5.41) is 13.3. The molecule has 36 heavy (non-hydrogen) atoms. The fourth-order valence-corrected chi connectivity index (χ4v) is 4.73. The van der Waals surface area contributed by atoms with Gasteiger partial charge in [0.15, 0.2) is 0 Å². The first-order valence-corrected chi connectivity index (χ1v) is 11.9. The molecule has 3 aliphatic heterocycles. The van der Waals surface area contributed by atoms with E-state index in [-0.39, 0.29) is 0 Å². The topological polar surface area (TPSA) is 122 Å². The molecule has 3 aliphatic rings. The summed E-state index contributed by atoms with van der Waals surface area (Å²) in [6.07, 6.45) is -0.840. The van der Waals surface area contributed by atoms with Crippen LogP contribution in [0.15, 0.2) is 35.7 Å². The minimum absolute atomic E-state index is 0.342. The SMILES string of the molecule is COC(=O)OC1=C(C)Nc2nc(N3CCOCC3)nc(N3CCOCC3)c2C1c1ccccc1C#N. The number of nitriles is 1. The van der Waals surface area contributed by atoms with Crippen LogP contribution in [-0.4, -0.2) is 75.8 Å². The molecule has 0 aliphatic carbocycles. The van der Waals surface area contributed by atoms with E-state index >= 15 is 0 Å². The van der Waals surface area contributed by atoms with E-state index in [2.05, 4.69) is 21.2 Å². The number of rotatable bonds is 4. The van der Waals surface area contributed by atoms with Crippen LogP contribution in [0.25, 0.3) is 0 Å². The zero-order chi connectivity index (χ0) is 25.1. The Hall–Kier alpha value is -3.88. The molecule has 188 valence electrons. The average molecular weight is 493 g/mol. The largest absolute Gasteiger partial charge is 0.513 e. The molecule has 0 spiro atoms. The Morgan fingerprint density at radius 1 is 1.08 bits per heavy atom. The maximum Gasteiger partial charge on any atom is 0.513 e. The number of hydrogen-bond donors (Lipinski definition) is 1. The predicted octanol–water partition coefficient (Wildman–Crippen LogP) is 2.59. The van der Waals surface area contributed by atoms with Crippen molar-refractivity contribution >= 4 is 23.7 Å². The highest BCUT2D eigenvalue weighted by Crippen LogP contribution is 2.47. The van der Waals surface area contributed by atoms with Gasteiger partial charge in [-0.3, -0.25) is 0 Å². The van der Waals surface area contributed by atoms with Gasteiger partial charge in [0.05, 0.1) is 62.3 Å². The summed E-state index contributed by atoms with van der Waals surface area (Å²) >= 11 is 0. The number of methoxy groups -OCH3 is 1. The van der Waals surface area contributed by atoms with Crippen molar-refractivity contribution in [2.24, 2.45) is 0 Å². The maximum atomic E-state index is 12.3. The van der Waals surface area contributed by atoms with Gasteiger partial charge in [-0.2, -0.15) is 15.2 Å². The number of fused-ring (bicyclic) bond motifs is 1. The van der Waals surface area contributed by atoms with Gasteiger partial charge in [0.1, 0.15) is 17.4 Å². The van der Waals surface area contributed by atoms with Crippen molar-refractivity contribution in [3.8, 4) is 6.07 Å². The molecule has 0 saturated carbocycles. The van der Waals surface area contributed by atoms with E-state index in [1.54, 1.807) is 6.07 Å². The van der Waals surface area contributed by atoms with Crippen molar-refractivity contribution in [2.75, 3.05) is 74.8 Å². The lowest BCUT2D eigenvalue weighted by molar-refractivity contribution is 0.0928. The highest BCUT2D eigenvalue weighted by atomic mass is 16.7. The van der Waals surface area contributed by atoms with Crippen LogP contribution in [0.5, 0.6) is 0 Å². The van der Waals surface area contributed by atoms with E-state index in [9.17, 15) is 10.1 Å². The highest BCUT2D eigenvalue weighted by molar-refractivity contribution is 5.74. The summed E-state index contributed by atoms with van der Waals surface area (Å²) in [4.78, 5) is 26.5. The van der Waals surface area contributed by atoms with Gasteiger partial charge in [-0.25, -0.2) is 4.79 Å². The number of carbonyl (C=O) groups is 1. The van der Waals surface area contributed by atoms with Gasteiger partial charge < -0.3 is 34.1 Å². The Morgan fingerprint density at radius 3 is 2.42 bits per heavy atom. The molecule has 1 aromatic carbocycles. The van der Waals surface area contributed by atoms with Crippen molar-refractivity contribution in [2.45, 2.75) is 12.8 Å². The van der Waals surface area contributed by atoms with Crippen LogP contribution >= 0.6 is 0 Å². The van der Waals surface area contributed by atoms with Crippen molar-refractivity contribution < 1.29 is 23.7 Å². The first-order valence-electron chi connectivity index (χ1n) is 11.9. The molecular formula is C25H28N6O5. The van der Waals surface area contributed by atoms with Crippen LogP contribution in [0, 0.1) is 11.3 Å². The van der Waals surface area contributed by atoms with Crippen molar-refractivity contribution in [1.82, 2.24) is 9.97 Å². The normalized spacial score (nSPS) is 19.8. The number of anilines is 3. The van der Waals surface area contributed by atoms with Gasteiger partial charge in [0, 0.05) is 26.2 Å². The monoisotopic (exact) mass is 492 g/mol. The van der Waals surface area contributed by atoms with E-state index in [1.165, 1.54) is 7.11 Å². The molecule has 1 N–H and O–H groups in total. The molecule has 2 fully saturated rings. The molecule has 0 bridgehead atoms. The molecule has 0 amide bonds. The zero-order valence-electron chi connectivity index (χ0n) is 20.3. The lowest BCUT2D eigenvalue weighted by atomic mass is 9.84. The molecule has 2 saturated heterocycles. The number of morpholine rings is 2. The van der Waals surface area contributed by atoms with Gasteiger partial charge in [-0.15, -0.1) is 0 Å². The Bertz CT molecular complexity index is 1210. The van der Waals surface area contributed by atoms with Crippen LogP contribution in [0.3, 0.4) is 0 Å². The second-order valence-corrected chi connectivity index (χ2v) is 8.61. The quantitative estimate of drug-likeness (QED) is 0.634. The summed E-state index contributed by atoms with van der Waals surface area (Å²) in [5.74, 6) is 1.67. The predicted molar refractivity (Wildman–Crippen MR) is 131 cm³/mol. The third-order valence-electron chi connectivity index (χ3n) is 6.50.